The van der Waals surface area contributed by atoms with Gasteiger partial charge in [0.1, 0.15) is 12.4 Å². The Morgan fingerprint density at radius 1 is 1.04 bits per heavy atom. The number of halogens is 2. The Balaban J connectivity index is 1.62. The van der Waals surface area contributed by atoms with E-state index in [1.54, 1.807) is 18.2 Å². The van der Waals surface area contributed by atoms with Crippen molar-refractivity contribution >= 4 is 29.1 Å². The van der Waals surface area contributed by atoms with Crippen LogP contribution in [0.4, 0.5) is 0 Å². The molecule has 0 saturated heterocycles. The first-order chi connectivity index (χ1) is 12.6. The zero-order chi connectivity index (χ0) is 18.4. The van der Waals surface area contributed by atoms with E-state index in [1.165, 1.54) is 25.7 Å². The van der Waals surface area contributed by atoms with Crippen LogP contribution in [0.3, 0.4) is 0 Å². The summed E-state index contributed by atoms with van der Waals surface area (Å²) in [6.07, 6.45) is 7.07. The Kier molecular flexibility index (Phi) is 6.81. The molecule has 5 heteroatoms. The summed E-state index contributed by atoms with van der Waals surface area (Å²) in [6, 6.07) is 12.9. The van der Waals surface area contributed by atoms with Crippen LogP contribution in [0.1, 0.15) is 54.4 Å². The maximum Gasteiger partial charge on any atom is 0.251 e. The predicted octanol–water partition coefficient (Wildman–Crippen LogP) is 6.03. The number of hydrogen-bond donors (Lipinski definition) is 1. The van der Waals surface area contributed by atoms with E-state index in [9.17, 15) is 4.79 Å². The van der Waals surface area contributed by atoms with Gasteiger partial charge < -0.3 is 10.1 Å². The molecule has 2 aromatic carbocycles. The molecular formula is C21H23Cl2NO2. The van der Waals surface area contributed by atoms with Gasteiger partial charge in [0.2, 0.25) is 0 Å². The van der Waals surface area contributed by atoms with Crippen LogP contribution in [0, 0.1) is 0 Å². The number of carbonyl (C=O) groups is 1. The molecule has 0 radical (unpaired) electrons. The standard InChI is InChI=1S/C21H23Cl2NO2/c22-17-10-11-19(23)20(13-17)26-14-15-6-5-7-16(12-15)21(25)24-18-8-3-1-2-4-9-18/h5-7,10-13,18H,1-4,8-9,14H2,(H,24,25). The highest BCUT2D eigenvalue weighted by Gasteiger charge is 2.16. The molecule has 0 aliphatic heterocycles. The molecule has 0 aromatic heterocycles. The van der Waals surface area contributed by atoms with Crippen LogP contribution >= 0.6 is 23.2 Å². The maximum atomic E-state index is 12.6. The SMILES string of the molecule is O=C(NC1CCCCCC1)c1cccc(COc2cc(Cl)ccc2Cl)c1. The summed E-state index contributed by atoms with van der Waals surface area (Å²) in [7, 11) is 0. The lowest BCUT2D eigenvalue weighted by molar-refractivity contribution is 0.0933. The first-order valence-corrected chi connectivity index (χ1v) is 9.85. The van der Waals surface area contributed by atoms with Crippen molar-refractivity contribution in [1.82, 2.24) is 5.32 Å². The lowest BCUT2D eigenvalue weighted by atomic mass is 10.1. The molecule has 3 nitrogen and oxygen atoms in total. The second-order valence-corrected chi connectivity index (χ2v) is 7.57. The van der Waals surface area contributed by atoms with Crippen molar-refractivity contribution < 1.29 is 9.53 Å². The number of benzene rings is 2. The van der Waals surface area contributed by atoms with E-state index >= 15 is 0 Å². The predicted molar refractivity (Wildman–Crippen MR) is 106 cm³/mol. The number of nitrogens with one attached hydrogen (secondary N) is 1. The molecule has 3 rings (SSSR count). The summed E-state index contributed by atoms with van der Waals surface area (Å²) < 4.78 is 5.76. The molecule has 0 heterocycles. The molecule has 0 bridgehead atoms. The minimum Gasteiger partial charge on any atom is -0.487 e. The second kappa shape index (κ2) is 9.29. The molecule has 0 atom stereocenters. The molecule has 2 aromatic rings. The van der Waals surface area contributed by atoms with Gasteiger partial charge in [0.25, 0.3) is 5.91 Å². The van der Waals surface area contributed by atoms with Crippen molar-refractivity contribution in [2.75, 3.05) is 0 Å². The van der Waals surface area contributed by atoms with Crippen LogP contribution in [0.2, 0.25) is 10.0 Å². The molecule has 26 heavy (non-hydrogen) atoms. The lowest BCUT2D eigenvalue weighted by Crippen LogP contribution is -2.34. The topological polar surface area (TPSA) is 38.3 Å². The molecule has 1 amide bonds. The highest BCUT2D eigenvalue weighted by molar-refractivity contribution is 6.34. The van der Waals surface area contributed by atoms with Gasteiger partial charge in [0.05, 0.1) is 5.02 Å². The summed E-state index contributed by atoms with van der Waals surface area (Å²) in [6.45, 7) is 0.324. The molecule has 138 valence electrons. The number of carbonyl (C=O) groups excluding carboxylic acids is 1. The Morgan fingerprint density at radius 3 is 2.58 bits per heavy atom. The van der Waals surface area contributed by atoms with Crippen molar-refractivity contribution in [3.63, 3.8) is 0 Å². The number of ether oxygens (including phenoxy) is 1. The quantitative estimate of drug-likeness (QED) is 0.632. The Morgan fingerprint density at radius 2 is 1.81 bits per heavy atom. The normalized spacial score (nSPS) is 15.3. The molecule has 0 unspecified atom stereocenters. The van der Waals surface area contributed by atoms with E-state index in [-0.39, 0.29) is 11.9 Å². The Hall–Kier alpha value is -1.71. The molecule has 1 aliphatic rings. The van der Waals surface area contributed by atoms with E-state index in [1.807, 2.05) is 24.3 Å². The van der Waals surface area contributed by atoms with Gasteiger partial charge in [-0.15, -0.1) is 0 Å². The fraction of sp³-hybridized carbons (Fsp3) is 0.381. The summed E-state index contributed by atoms with van der Waals surface area (Å²) >= 11 is 12.1. The van der Waals surface area contributed by atoms with Gasteiger partial charge in [-0.2, -0.15) is 0 Å². The number of amides is 1. The van der Waals surface area contributed by atoms with Gasteiger partial charge in [-0.1, -0.05) is 61.0 Å². The minimum absolute atomic E-state index is 0.0143. The molecule has 1 N–H and O–H groups in total. The smallest absolute Gasteiger partial charge is 0.251 e. The lowest BCUT2D eigenvalue weighted by Gasteiger charge is -2.16. The van der Waals surface area contributed by atoms with Gasteiger partial charge in [0.15, 0.2) is 0 Å². The van der Waals surface area contributed by atoms with Crippen LogP contribution in [-0.2, 0) is 6.61 Å². The fourth-order valence-corrected chi connectivity index (χ4v) is 3.58. The first kappa shape index (κ1) is 19.1. The third-order valence-corrected chi connectivity index (χ3v) is 5.21. The zero-order valence-corrected chi connectivity index (χ0v) is 16.2. The van der Waals surface area contributed by atoms with Crippen LogP contribution in [0.25, 0.3) is 0 Å². The summed E-state index contributed by atoms with van der Waals surface area (Å²) in [5.41, 5.74) is 1.57. The average molecular weight is 392 g/mol. The van der Waals surface area contributed by atoms with E-state index in [0.717, 1.165) is 18.4 Å². The highest BCUT2D eigenvalue weighted by atomic mass is 35.5. The summed E-state index contributed by atoms with van der Waals surface area (Å²) in [4.78, 5) is 12.6. The van der Waals surface area contributed by atoms with Crippen molar-refractivity contribution in [1.29, 1.82) is 0 Å². The van der Waals surface area contributed by atoms with Crippen LogP contribution in [0.5, 0.6) is 5.75 Å². The van der Waals surface area contributed by atoms with Crippen LogP contribution in [-0.4, -0.2) is 11.9 Å². The fourth-order valence-electron chi connectivity index (χ4n) is 3.24. The van der Waals surface area contributed by atoms with E-state index in [4.69, 9.17) is 27.9 Å². The first-order valence-electron chi connectivity index (χ1n) is 9.09. The Bertz CT molecular complexity index is 755. The average Bonchev–Trinajstić information content (AvgIpc) is 2.91. The highest BCUT2D eigenvalue weighted by Crippen LogP contribution is 2.28. The molecule has 1 aliphatic carbocycles. The van der Waals surface area contributed by atoms with E-state index in [2.05, 4.69) is 5.32 Å². The van der Waals surface area contributed by atoms with Gasteiger partial charge in [-0.05, 0) is 42.7 Å². The Labute approximate surface area is 164 Å². The zero-order valence-electron chi connectivity index (χ0n) is 14.6. The van der Waals surface area contributed by atoms with Crippen LogP contribution in [0.15, 0.2) is 42.5 Å². The maximum absolute atomic E-state index is 12.6. The van der Waals surface area contributed by atoms with Gasteiger partial charge in [-0.25, -0.2) is 0 Å². The molecule has 1 fully saturated rings. The van der Waals surface area contributed by atoms with Gasteiger partial charge >= 0.3 is 0 Å². The second-order valence-electron chi connectivity index (χ2n) is 6.73. The molecular weight excluding hydrogens is 369 g/mol. The largest absolute Gasteiger partial charge is 0.487 e. The van der Waals surface area contributed by atoms with Crippen LogP contribution < -0.4 is 10.1 Å². The molecule has 1 saturated carbocycles. The molecule has 0 spiro atoms. The summed E-state index contributed by atoms with van der Waals surface area (Å²) in [5, 5.41) is 4.26. The van der Waals surface area contributed by atoms with E-state index in [0.29, 0.717) is 28.0 Å². The van der Waals surface area contributed by atoms with Gasteiger partial charge in [0, 0.05) is 22.7 Å². The van der Waals surface area contributed by atoms with E-state index < -0.39 is 0 Å². The third kappa shape index (κ3) is 5.39. The third-order valence-electron chi connectivity index (χ3n) is 4.67. The van der Waals surface area contributed by atoms with Crippen molar-refractivity contribution in [3.05, 3.63) is 63.6 Å². The van der Waals surface area contributed by atoms with Gasteiger partial charge in [-0.3, -0.25) is 4.79 Å². The van der Waals surface area contributed by atoms with Crippen molar-refractivity contribution in [2.45, 2.75) is 51.2 Å². The monoisotopic (exact) mass is 391 g/mol. The summed E-state index contributed by atoms with van der Waals surface area (Å²) in [5.74, 6) is 0.520. The number of rotatable bonds is 5. The number of hydrogen-bond acceptors (Lipinski definition) is 2. The van der Waals surface area contributed by atoms with Crippen molar-refractivity contribution in [3.8, 4) is 5.75 Å². The van der Waals surface area contributed by atoms with Crippen molar-refractivity contribution in [2.24, 2.45) is 0 Å². The minimum atomic E-state index is -0.0143.